The molecule has 2 aliphatic rings. The van der Waals surface area contributed by atoms with Crippen molar-refractivity contribution in [3.05, 3.63) is 319 Å². The van der Waals surface area contributed by atoms with Crippen molar-refractivity contribution in [3.63, 3.8) is 0 Å². The molecule has 0 unspecified atom stereocenters. The number of benzene rings is 14. The number of fused-ring (bicyclic) bond motifs is 16. The molecule has 0 amide bonds. The van der Waals surface area contributed by atoms with E-state index in [-0.39, 0.29) is 71.4 Å². The van der Waals surface area contributed by atoms with Crippen LogP contribution in [0.15, 0.2) is 297 Å². The maximum Gasteiger partial charge on any atom is 0.252 e. The number of hydrogen-bond acceptors (Lipinski definition) is 4. The van der Waals surface area contributed by atoms with Gasteiger partial charge in [-0.15, -0.1) is 0 Å². The summed E-state index contributed by atoms with van der Waals surface area (Å²) in [5, 5.41) is 26.2. The highest BCUT2D eigenvalue weighted by molar-refractivity contribution is 7.00. The Morgan fingerprint density at radius 3 is 1.06 bits per heavy atom. The van der Waals surface area contributed by atoms with Gasteiger partial charge in [-0.25, -0.2) is 0 Å². The lowest BCUT2D eigenvalue weighted by Crippen LogP contribution is -2.61. The Labute approximate surface area is 619 Å². The second-order valence-corrected chi connectivity index (χ2v) is 28.7. The first-order valence-electron chi connectivity index (χ1n) is 42.2. The number of nitriles is 2. The molecule has 8 nitrogen and oxygen atoms in total. The van der Waals surface area contributed by atoms with Crippen LogP contribution in [-0.4, -0.2) is 25.0 Å². The van der Waals surface area contributed by atoms with Crippen LogP contribution in [0, 0.1) is 22.7 Å². The molecule has 0 radical (unpaired) electrons. The van der Waals surface area contributed by atoms with E-state index in [0.717, 1.165) is 71.3 Å². The van der Waals surface area contributed by atoms with Crippen molar-refractivity contribution in [2.24, 2.45) is 0 Å². The van der Waals surface area contributed by atoms with Crippen molar-refractivity contribution < 1.29 is 21.9 Å². The van der Waals surface area contributed by atoms with Gasteiger partial charge in [0.2, 0.25) is 0 Å². The Balaban J connectivity index is 0.995. The molecule has 0 saturated carbocycles. The van der Waals surface area contributed by atoms with E-state index in [9.17, 15) is 29.7 Å². The third-order valence-corrected chi connectivity index (χ3v) is 21.0. The van der Waals surface area contributed by atoms with Crippen LogP contribution in [0.1, 0.15) is 85.7 Å². The fraction of sp³-hybridized carbons (Fsp3) is 0.0851. The lowest BCUT2D eigenvalue weighted by Gasteiger charge is -2.45. The van der Waals surface area contributed by atoms with Crippen molar-refractivity contribution in [3.8, 4) is 46.0 Å². The van der Waals surface area contributed by atoms with Gasteiger partial charge in [0, 0.05) is 82.9 Å². The zero-order valence-corrected chi connectivity index (χ0v) is 56.7. The van der Waals surface area contributed by atoms with Crippen LogP contribution >= 0.6 is 0 Å². The Hall–Kier alpha value is -13.1. The molecule has 14 aromatic carbocycles. The van der Waals surface area contributed by atoms with E-state index in [0.29, 0.717) is 62.0 Å². The normalized spacial score (nSPS) is 15.0. The molecule has 6 heterocycles. The van der Waals surface area contributed by atoms with Crippen molar-refractivity contribution in [2.45, 2.75) is 52.4 Å². The predicted molar refractivity (Wildman–Crippen MR) is 430 cm³/mol. The van der Waals surface area contributed by atoms with Crippen LogP contribution < -0.4 is 26.2 Å². The van der Waals surface area contributed by atoms with Gasteiger partial charge in [-0.1, -0.05) is 223 Å². The van der Waals surface area contributed by atoms with Crippen molar-refractivity contribution >= 4 is 144 Å². The Bertz CT molecular complexity index is 7510. The number of para-hydroxylation sites is 8. The summed E-state index contributed by atoms with van der Waals surface area (Å²) in [7, 11) is 0. The molecule has 0 spiro atoms. The summed E-state index contributed by atoms with van der Waals surface area (Å²) in [6, 6.07) is 61.1. The van der Waals surface area contributed by atoms with E-state index in [4.69, 9.17) is 2.74 Å². The van der Waals surface area contributed by atoms with Gasteiger partial charge in [0.05, 0.1) is 94.3 Å². The van der Waals surface area contributed by atoms with Crippen LogP contribution in [-0.2, 0) is 10.8 Å². The quantitative estimate of drug-likeness (QED) is 0.149. The molecular weight excluding hydrogens is 1250 g/mol. The topological polar surface area (TPSA) is 73.8 Å². The van der Waals surface area contributed by atoms with Gasteiger partial charge >= 0.3 is 0 Å². The van der Waals surface area contributed by atoms with E-state index in [1.54, 1.807) is 18.2 Å². The summed E-state index contributed by atoms with van der Waals surface area (Å²) in [6.07, 6.45) is 0. The fourth-order valence-corrected chi connectivity index (χ4v) is 16.2. The number of nitrogens with zero attached hydrogens (tertiary/aromatic N) is 8. The van der Waals surface area contributed by atoms with E-state index < -0.39 is 103 Å². The van der Waals surface area contributed by atoms with Crippen LogP contribution in [0.25, 0.3) is 121 Å². The minimum absolute atomic E-state index is 0.128. The van der Waals surface area contributed by atoms with E-state index >= 15 is 0 Å². The first kappa shape index (κ1) is 45.6. The Morgan fingerprint density at radius 1 is 0.301 bits per heavy atom. The number of rotatable bonds is 7. The monoisotopic (exact) mass is 1330 g/mol. The van der Waals surface area contributed by atoms with Crippen molar-refractivity contribution in [2.75, 3.05) is 9.80 Å². The van der Waals surface area contributed by atoms with Crippen LogP contribution in [0.4, 0.5) is 34.1 Å². The lowest BCUT2D eigenvalue weighted by molar-refractivity contribution is 0.569. The molecule has 0 N–H and O–H groups in total. The summed E-state index contributed by atoms with van der Waals surface area (Å²) >= 11 is 0. The zero-order chi connectivity index (χ0) is 83.2. The van der Waals surface area contributed by atoms with Crippen molar-refractivity contribution in [1.82, 2.24) is 18.3 Å². The first-order valence-corrected chi connectivity index (χ1v) is 34.2. The largest absolute Gasteiger partial charge is 0.311 e. The molecule has 0 aliphatic carbocycles. The lowest BCUT2D eigenvalue weighted by atomic mass is 9.33. The maximum atomic E-state index is 11.5. The summed E-state index contributed by atoms with van der Waals surface area (Å²) in [5.74, 6) is 0. The van der Waals surface area contributed by atoms with Gasteiger partial charge in [0.25, 0.3) is 6.71 Å². The standard InChI is InChI=1S/C94H67BN8/c1-93(2,3)62-47-61(48-63(50-62)94(4,5)6)58-41-45-76-88(49-58)99(64-42-39-59(56-96)86(51-64)102-82-35-19-11-27-72(82)73-28-12-20-36-83(73)102)90-54-67(101-80-33-17-9-25-70(80)71-26-10-18-34-81(71)101)55-91-92(90)95(76)77-46-44-66(98-78-31-15-7-23-68(78)69-24-8-16-32-79(69)98)53-89(77)100(91)65-43-40-60(57-97)87(52-65)103-84-37-21-13-29-74(84)75-30-14-22-38-85(75)103/h7-55H,1-6H3/i7D,8D,9D,10D,15D,16D,17D,18D,23D,24D,25D,26D,31D,32D,33D,34D. The third kappa shape index (κ3) is 8.89. The molecule has 4 aromatic heterocycles. The van der Waals surface area contributed by atoms with Gasteiger partial charge in [0.15, 0.2) is 0 Å². The molecular formula is C94H67BN8. The molecule has 486 valence electrons. The average molecular weight is 1340 g/mol. The summed E-state index contributed by atoms with van der Waals surface area (Å²) in [5.41, 5.74) is 12.7. The first-order chi connectivity index (χ1) is 56.9. The molecule has 0 bridgehead atoms. The van der Waals surface area contributed by atoms with Crippen molar-refractivity contribution in [1.29, 1.82) is 10.5 Å². The molecule has 0 saturated heterocycles. The van der Waals surface area contributed by atoms with E-state index in [1.807, 2.05) is 143 Å². The number of aromatic nitrogens is 4. The van der Waals surface area contributed by atoms with E-state index in [2.05, 4.69) is 112 Å². The summed E-state index contributed by atoms with van der Waals surface area (Å²) < 4.78 is 159. The summed E-state index contributed by atoms with van der Waals surface area (Å²) in [6.45, 7) is 12.3. The SMILES string of the molecule is [2H]c1c([2H])c([2H])c2c(c1[2H])c1c([2H])c([2H])c([2H])c([2H])c1n2-c1ccc2c(c1)N(c1ccc(C#N)c(-n3c4ccccc4c4ccccc43)c1)c1cc(-n3c4c([2H])c([2H])c([2H])c([2H])c4c4c([2H])c([2H])c([2H])c([2H])c43)cc3c1B2c1ccc(-c2cc(C(C)(C)C)cc(C(C)(C)C)c2)cc1N3c1ccc(C#N)c(-n2c3ccccc3c3ccccc32)c1. The van der Waals surface area contributed by atoms with Gasteiger partial charge in [0.1, 0.15) is 12.1 Å². The zero-order valence-electron chi connectivity index (χ0n) is 72.7. The number of anilines is 6. The summed E-state index contributed by atoms with van der Waals surface area (Å²) in [4.78, 5) is 4.12. The second kappa shape index (κ2) is 22.2. The second-order valence-electron chi connectivity index (χ2n) is 28.7. The predicted octanol–water partition coefficient (Wildman–Crippen LogP) is 22.2. The molecule has 20 rings (SSSR count). The van der Waals surface area contributed by atoms with Gasteiger partial charge in [-0.05, 0) is 165 Å². The molecule has 18 aromatic rings. The van der Waals surface area contributed by atoms with Crippen LogP contribution in [0.2, 0.25) is 0 Å². The maximum absolute atomic E-state index is 11.5. The molecule has 9 heteroatoms. The fourth-order valence-electron chi connectivity index (χ4n) is 16.2. The number of hydrogen-bond donors (Lipinski definition) is 0. The third-order valence-electron chi connectivity index (χ3n) is 21.0. The average Bonchev–Trinajstić information content (AvgIpc) is 1.67. The van der Waals surface area contributed by atoms with Crippen LogP contribution in [0.3, 0.4) is 0 Å². The molecule has 0 atom stereocenters. The molecule has 0 fully saturated rings. The minimum atomic E-state index is -0.841. The highest BCUT2D eigenvalue weighted by atomic mass is 15.2. The highest BCUT2D eigenvalue weighted by Crippen LogP contribution is 2.50. The smallest absolute Gasteiger partial charge is 0.252 e. The van der Waals surface area contributed by atoms with Gasteiger partial charge in [-0.2, -0.15) is 10.5 Å². The Kier molecular flexibility index (Phi) is 9.83. The van der Waals surface area contributed by atoms with Crippen LogP contribution in [0.5, 0.6) is 0 Å². The van der Waals surface area contributed by atoms with Gasteiger partial charge < -0.3 is 28.1 Å². The highest BCUT2D eigenvalue weighted by Gasteiger charge is 2.45. The van der Waals surface area contributed by atoms with E-state index in [1.165, 1.54) is 9.13 Å². The minimum Gasteiger partial charge on any atom is -0.311 e. The van der Waals surface area contributed by atoms with Gasteiger partial charge in [-0.3, -0.25) is 0 Å². The molecule has 103 heavy (non-hydrogen) atoms. The molecule has 2 aliphatic heterocycles. The Morgan fingerprint density at radius 2 is 0.650 bits per heavy atom.